The van der Waals surface area contributed by atoms with Gasteiger partial charge < -0.3 is 9.80 Å². The standard InChI is InChI=1S/C12H26N2/c1-5-6-13-7-9-14(10-8-13)11-12(2,3)4/h5-11H2,1-4H3. The van der Waals surface area contributed by atoms with E-state index in [1.165, 1.54) is 45.7 Å². The number of hydrogen-bond donors (Lipinski definition) is 0. The third kappa shape index (κ3) is 4.43. The van der Waals surface area contributed by atoms with Gasteiger partial charge >= 0.3 is 0 Å². The number of piperazine rings is 1. The van der Waals surface area contributed by atoms with Crippen molar-refractivity contribution in [2.45, 2.75) is 34.1 Å². The molecule has 1 aliphatic rings. The van der Waals surface area contributed by atoms with Crippen LogP contribution in [0.4, 0.5) is 0 Å². The van der Waals surface area contributed by atoms with Gasteiger partial charge in [0.1, 0.15) is 0 Å². The molecule has 14 heavy (non-hydrogen) atoms. The molecular weight excluding hydrogens is 172 g/mol. The summed E-state index contributed by atoms with van der Waals surface area (Å²) in [6, 6.07) is 0. The van der Waals surface area contributed by atoms with Crippen molar-refractivity contribution in [3.63, 3.8) is 0 Å². The van der Waals surface area contributed by atoms with E-state index >= 15 is 0 Å². The molecule has 0 amide bonds. The zero-order chi connectivity index (χ0) is 10.6. The van der Waals surface area contributed by atoms with Gasteiger partial charge in [0.25, 0.3) is 0 Å². The zero-order valence-electron chi connectivity index (χ0n) is 10.3. The number of hydrogen-bond acceptors (Lipinski definition) is 2. The molecule has 0 N–H and O–H groups in total. The fraction of sp³-hybridized carbons (Fsp3) is 1.00. The molecule has 0 saturated carbocycles. The Morgan fingerprint density at radius 1 is 0.929 bits per heavy atom. The Kier molecular flexibility index (Phi) is 4.39. The lowest BCUT2D eigenvalue weighted by Crippen LogP contribution is -2.48. The Labute approximate surface area is 89.3 Å². The number of rotatable bonds is 3. The molecule has 0 bridgehead atoms. The van der Waals surface area contributed by atoms with E-state index < -0.39 is 0 Å². The van der Waals surface area contributed by atoms with Crippen LogP contribution in [0, 0.1) is 5.41 Å². The van der Waals surface area contributed by atoms with Crippen molar-refractivity contribution in [2.75, 3.05) is 39.3 Å². The first-order valence-corrected chi connectivity index (χ1v) is 5.96. The summed E-state index contributed by atoms with van der Waals surface area (Å²) >= 11 is 0. The Hall–Kier alpha value is -0.0800. The predicted molar refractivity (Wildman–Crippen MR) is 62.6 cm³/mol. The molecule has 1 aliphatic heterocycles. The molecule has 1 fully saturated rings. The second-order valence-corrected chi connectivity index (χ2v) is 5.68. The largest absolute Gasteiger partial charge is 0.301 e. The first-order chi connectivity index (χ1) is 6.51. The van der Waals surface area contributed by atoms with Crippen molar-refractivity contribution < 1.29 is 0 Å². The van der Waals surface area contributed by atoms with E-state index in [0.29, 0.717) is 5.41 Å². The fourth-order valence-corrected chi connectivity index (χ4v) is 2.16. The number of nitrogens with zero attached hydrogens (tertiary/aromatic N) is 2. The quantitative estimate of drug-likeness (QED) is 0.685. The SMILES string of the molecule is CCCN1CCN(CC(C)(C)C)CC1. The first-order valence-electron chi connectivity index (χ1n) is 5.96. The minimum Gasteiger partial charge on any atom is -0.301 e. The van der Waals surface area contributed by atoms with Crippen molar-refractivity contribution in [2.24, 2.45) is 5.41 Å². The average Bonchev–Trinajstić information content (AvgIpc) is 2.06. The molecule has 0 aromatic heterocycles. The molecule has 0 aliphatic carbocycles. The maximum atomic E-state index is 2.60. The van der Waals surface area contributed by atoms with Crippen LogP contribution >= 0.6 is 0 Å². The van der Waals surface area contributed by atoms with Gasteiger partial charge in [-0.2, -0.15) is 0 Å². The van der Waals surface area contributed by atoms with Gasteiger partial charge in [0, 0.05) is 32.7 Å². The summed E-state index contributed by atoms with van der Waals surface area (Å²) in [5.41, 5.74) is 0.451. The maximum Gasteiger partial charge on any atom is 0.0110 e. The van der Waals surface area contributed by atoms with E-state index in [-0.39, 0.29) is 0 Å². The van der Waals surface area contributed by atoms with Crippen LogP contribution in [0.3, 0.4) is 0 Å². The fourth-order valence-electron chi connectivity index (χ4n) is 2.16. The van der Waals surface area contributed by atoms with Crippen molar-refractivity contribution in [1.29, 1.82) is 0 Å². The molecule has 0 unspecified atom stereocenters. The minimum atomic E-state index is 0.451. The van der Waals surface area contributed by atoms with Gasteiger partial charge in [-0.1, -0.05) is 27.7 Å². The molecular formula is C12H26N2. The molecule has 0 atom stereocenters. The van der Waals surface area contributed by atoms with Gasteiger partial charge in [0.05, 0.1) is 0 Å². The molecule has 0 aromatic rings. The van der Waals surface area contributed by atoms with E-state index in [1.807, 2.05) is 0 Å². The third-order valence-electron chi connectivity index (χ3n) is 2.70. The molecule has 2 nitrogen and oxygen atoms in total. The molecule has 0 radical (unpaired) electrons. The van der Waals surface area contributed by atoms with Gasteiger partial charge in [-0.05, 0) is 18.4 Å². The lowest BCUT2D eigenvalue weighted by Gasteiger charge is -2.37. The molecule has 1 rings (SSSR count). The van der Waals surface area contributed by atoms with Gasteiger partial charge in [0.2, 0.25) is 0 Å². The van der Waals surface area contributed by atoms with Crippen molar-refractivity contribution in [1.82, 2.24) is 9.80 Å². The lowest BCUT2D eigenvalue weighted by molar-refractivity contribution is 0.103. The average molecular weight is 198 g/mol. The lowest BCUT2D eigenvalue weighted by atomic mass is 9.96. The topological polar surface area (TPSA) is 6.48 Å². The Morgan fingerprint density at radius 3 is 1.86 bits per heavy atom. The van der Waals surface area contributed by atoms with Crippen LogP contribution in [-0.4, -0.2) is 49.1 Å². The highest BCUT2D eigenvalue weighted by Crippen LogP contribution is 2.16. The van der Waals surface area contributed by atoms with Gasteiger partial charge in [-0.25, -0.2) is 0 Å². The Bertz CT molecular complexity index is 152. The monoisotopic (exact) mass is 198 g/mol. The Morgan fingerprint density at radius 2 is 1.43 bits per heavy atom. The van der Waals surface area contributed by atoms with Crippen LogP contribution < -0.4 is 0 Å². The van der Waals surface area contributed by atoms with Gasteiger partial charge in [-0.15, -0.1) is 0 Å². The summed E-state index contributed by atoms with van der Waals surface area (Å²) in [4.78, 5) is 5.19. The summed E-state index contributed by atoms with van der Waals surface area (Å²) in [6.07, 6.45) is 1.29. The molecule has 1 heterocycles. The van der Waals surface area contributed by atoms with E-state index in [0.717, 1.165) is 0 Å². The van der Waals surface area contributed by atoms with E-state index in [4.69, 9.17) is 0 Å². The predicted octanol–water partition coefficient (Wildman–Crippen LogP) is 2.06. The highest BCUT2D eigenvalue weighted by Gasteiger charge is 2.20. The van der Waals surface area contributed by atoms with Crippen molar-refractivity contribution in [3.8, 4) is 0 Å². The zero-order valence-corrected chi connectivity index (χ0v) is 10.3. The second-order valence-electron chi connectivity index (χ2n) is 5.68. The second kappa shape index (κ2) is 5.13. The van der Waals surface area contributed by atoms with Crippen LogP contribution in [0.5, 0.6) is 0 Å². The highest BCUT2D eigenvalue weighted by molar-refractivity contribution is 4.75. The van der Waals surface area contributed by atoms with Crippen LogP contribution in [0.15, 0.2) is 0 Å². The van der Waals surface area contributed by atoms with Crippen molar-refractivity contribution >= 4 is 0 Å². The summed E-state index contributed by atoms with van der Waals surface area (Å²) in [7, 11) is 0. The molecule has 1 saturated heterocycles. The van der Waals surface area contributed by atoms with Gasteiger partial charge in [-0.3, -0.25) is 0 Å². The summed E-state index contributed by atoms with van der Waals surface area (Å²) < 4.78 is 0. The summed E-state index contributed by atoms with van der Waals surface area (Å²) in [6.45, 7) is 16.8. The van der Waals surface area contributed by atoms with Crippen LogP contribution in [0.1, 0.15) is 34.1 Å². The van der Waals surface area contributed by atoms with Gasteiger partial charge in [0.15, 0.2) is 0 Å². The van der Waals surface area contributed by atoms with Crippen LogP contribution in [0.2, 0.25) is 0 Å². The van der Waals surface area contributed by atoms with Crippen LogP contribution in [-0.2, 0) is 0 Å². The first kappa shape index (κ1) is 12.0. The smallest absolute Gasteiger partial charge is 0.0110 e. The molecule has 2 heteroatoms. The minimum absolute atomic E-state index is 0.451. The molecule has 0 spiro atoms. The van der Waals surface area contributed by atoms with Crippen molar-refractivity contribution in [3.05, 3.63) is 0 Å². The summed E-state index contributed by atoms with van der Waals surface area (Å²) in [5, 5.41) is 0. The maximum absolute atomic E-state index is 2.60. The van der Waals surface area contributed by atoms with E-state index in [2.05, 4.69) is 37.5 Å². The van der Waals surface area contributed by atoms with E-state index in [9.17, 15) is 0 Å². The Balaban J connectivity index is 2.22. The van der Waals surface area contributed by atoms with Crippen LogP contribution in [0.25, 0.3) is 0 Å². The van der Waals surface area contributed by atoms with E-state index in [1.54, 1.807) is 0 Å². The third-order valence-corrected chi connectivity index (χ3v) is 2.70. The molecule has 0 aromatic carbocycles. The highest BCUT2D eigenvalue weighted by atomic mass is 15.3. The summed E-state index contributed by atoms with van der Waals surface area (Å²) in [5.74, 6) is 0. The normalized spacial score (nSPS) is 21.4. The molecule has 84 valence electrons.